The Hall–Kier alpha value is -0.580. The highest BCUT2D eigenvalue weighted by atomic mass is 16.7. The van der Waals surface area contributed by atoms with Gasteiger partial charge in [-0.25, -0.2) is 0 Å². The Labute approximate surface area is 244 Å². The summed E-state index contributed by atoms with van der Waals surface area (Å²) in [5.41, 5.74) is 1.91. The molecule has 41 heavy (non-hydrogen) atoms. The van der Waals surface area contributed by atoms with Crippen molar-refractivity contribution in [3.8, 4) is 0 Å². The summed E-state index contributed by atoms with van der Waals surface area (Å²) in [6.07, 6.45) is 6.24. The van der Waals surface area contributed by atoms with Gasteiger partial charge in [0.1, 0.15) is 24.4 Å². The minimum Gasteiger partial charge on any atom is -0.394 e. The van der Waals surface area contributed by atoms with Crippen molar-refractivity contribution in [3.05, 3.63) is 11.6 Å². The first-order valence-corrected chi connectivity index (χ1v) is 16.5. The number of aliphatic hydroxyl groups excluding tert-OH is 4. The van der Waals surface area contributed by atoms with Crippen LogP contribution in [0.4, 0.5) is 0 Å². The zero-order valence-electron chi connectivity index (χ0n) is 25.3. The van der Waals surface area contributed by atoms with E-state index < -0.39 is 37.3 Å². The van der Waals surface area contributed by atoms with Crippen molar-refractivity contribution in [1.82, 2.24) is 0 Å². The van der Waals surface area contributed by atoms with Crippen molar-refractivity contribution in [1.29, 1.82) is 0 Å². The van der Waals surface area contributed by atoms with E-state index in [-0.39, 0.29) is 17.3 Å². The molecule has 4 aliphatic carbocycles. The smallest absolute Gasteiger partial charge is 0.186 e. The van der Waals surface area contributed by atoms with Crippen LogP contribution in [0.25, 0.3) is 0 Å². The normalized spacial score (nSPS) is 58.3. The molecule has 6 fully saturated rings. The van der Waals surface area contributed by atoms with Crippen molar-refractivity contribution < 1.29 is 39.4 Å². The second kappa shape index (κ2) is 10.2. The molecule has 3 saturated carbocycles. The monoisotopic (exact) mass is 576 g/mol. The Balaban J connectivity index is 1.05. The third kappa shape index (κ3) is 4.29. The summed E-state index contributed by atoms with van der Waals surface area (Å²) in [4.78, 5) is 0. The minimum atomic E-state index is -1.41. The topological polar surface area (TPSA) is 118 Å². The number of ether oxygens (including phenoxy) is 4. The highest BCUT2D eigenvalue weighted by Gasteiger charge is 2.68. The quantitative estimate of drug-likeness (QED) is 0.377. The predicted octanol–water partition coefficient (Wildman–Crippen LogP) is 3.54. The SMILES string of the molecule is C[C@@H]1CC[C@@]2(OC1)O[C@H]1C[C@H]3[C@H]4CC=C5C[C@@H](O[C@@H]6O[C@H](CO)[C@@H](O)[C@H](O)[C@H]6O)CC[C@]5(C)[C@H]4CC[C@]3(C)[C@H]1[C@@H]2C. The number of hydrogen-bond donors (Lipinski definition) is 4. The van der Waals surface area contributed by atoms with Crippen LogP contribution in [0.15, 0.2) is 11.6 Å². The third-order valence-corrected chi connectivity index (χ3v) is 13.5. The van der Waals surface area contributed by atoms with Crippen LogP contribution in [0.1, 0.15) is 85.5 Å². The molecule has 0 aromatic heterocycles. The predicted molar refractivity (Wildman–Crippen MR) is 150 cm³/mol. The highest BCUT2D eigenvalue weighted by molar-refractivity contribution is 5.26. The van der Waals surface area contributed by atoms with Crippen LogP contribution in [0.5, 0.6) is 0 Å². The van der Waals surface area contributed by atoms with E-state index in [2.05, 4.69) is 33.8 Å². The lowest BCUT2D eigenvalue weighted by Gasteiger charge is -2.58. The van der Waals surface area contributed by atoms with Gasteiger partial charge < -0.3 is 39.4 Å². The van der Waals surface area contributed by atoms with E-state index in [4.69, 9.17) is 18.9 Å². The van der Waals surface area contributed by atoms with Gasteiger partial charge in [-0.15, -0.1) is 0 Å². The van der Waals surface area contributed by atoms with E-state index in [0.29, 0.717) is 47.0 Å². The summed E-state index contributed by atoms with van der Waals surface area (Å²) >= 11 is 0. The van der Waals surface area contributed by atoms with Crippen molar-refractivity contribution in [2.75, 3.05) is 13.2 Å². The molecule has 8 heteroatoms. The van der Waals surface area contributed by atoms with Gasteiger partial charge in [0.25, 0.3) is 0 Å². The molecule has 0 radical (unpaired) electrons. The fourth-order valence-corrected chi connectivity index (χ4v) is 11.1. The molecule has 7 aliphatic rings. The molecule has 0 unspecified atom stereocenters. The van der Waals surface area contributed by atoms with E-state index in [1.807, 2.05) is 0 Å². The average molecular weight is 577 g/mol. The molecule has 232 valence electrons. The second-order valence-electron chi connectivity index (χ2n) is 15.5. The first-order valence-electron chi connectivity index (χ1n) is 16.5. The van der Waals surface area contributed by atoms with Crippen LogP contribution in [0, 0.1) is 46.3 Å². The fraction of sp³-hybridized carbons (Fsp3) is 0.939. The molecule has 0 aromatic carbocycles. The maximum absolute atomic E-state index is 10.5. The zero-order chi connectivity index (χ0) is 28.9. The molecule has 16 atom stereocenters. The Bertz CT molecular complexity index is 1020. The van der Waals surface area contributed by atoms with Crippen LogP contribution in [0.2, 0.25) is 0 Å². The summed E-state index contributed by atoms with van der Waals surface area (Å²) in [5, 5.41) is 40.4. The van der Waals surface area contributed by atoms with E-state index in [9.17, 15) is 20.4 Å². The van der Waals surface area contributed by atoms with Gasteiger partial charge in [0, 0.05) is 12.3 Å². The molecule has 0 aromatic rings. The lowest BCUT2D eigenvalue weighted by Crippen LogP contribution is -2.60. The van der Waals surface area contributed by atoms with Crippen molar-refractivity contribution in [3.63, 3.8) is 0 Å². The van der Waals surface area contributed by atoms with Gasteiger partial charge >= 0.3 is 0 Å². The van der Waals surface area contributed by atoms with Crippen LogP contribution in [-0.2, 0) is 18.9 Å². The van der Waals surface area contributed by atoms with Gasteiger partial charge in [-0.1, -0.05) is 39.3 Å². The van der Waals surface area contributed by atoms with Crippen LogP contribution >= 0.6 is 0 Å². The zero-order valence-corrected chi connectivity index (χ0v) is 25.3. The van der Waals surface area contributed by atoms with E-state index >= 15 is 0 Å². The molecule has 3 heterocycles. The number of hydrogen-bond acceptors (Lipinski definition) is 8. The number of allylic oxidation sites excluding steroid dienone is 1. The number of aliphatic hydroxyl groups is 4. The molecular weight excluding hydrogens is 524 g/mol. The maximum atomic E-state index is 10.5. The van der Waals surface area contributed by atoms with Crippen LogP contribution in [0.3, 0.4) is 0 Å². The van der Waals surface area contributed by atoms with Gasteiger partial charge in [-0.05, 0) is 91.8 Å². The maximum Gasteiger partial charge on any atom is 0.186 e. The van der Waals surface area contributed by atoms with Gasteiger partial charge in [0.15, 0.2) is 12.1 Å². The van der Waals surface area contributed by atoms with Crippen LogP contribution < -0.4 is 0 Å². The number of rotatable bonds is 3. The minimum absolute atomic E-state index is 0.129. The van der Waals surface area contributed by atoms with Crippen molar-refractivity contribution >= 4 is 0 Å². The third-order valence-electron chi connectivity index (χ3n) is 13.5. The molecule has 4 N–H and O–H groups in total. The fourth-order valence-electron chi connectivity index (χ4n) is 11.1. The first-order chi connectivity index (χ1) is 19.5. The second-order valence-corrected chi connectivity index (χ2v) is 15.5. The molecule has 0 bridgehead atoms. The Morgan fingerprint density at radius 2 is 1.78 bits per heavy atom. The van der Waals surface area contributed by atoms with E-state index in [0.717, 1.165) is 45.1 Å². The molecule has 7 rings (SSSR count). The van der Waals surface area contributed by atoms with Gasteiger partial charge in [0.2, 0.25) is 0 Å². The molecule has 3 saturated heterocycles. The summed E-state index contributed by atoms with van der Waals surface area (Å²) in [6.45, 7) is 10.1. The lowest BCUT2D eigenvalue weighted by atomic mass is 9.47. The summed E-state index contributed by atoms with van der Waals surface area (Å²) in [5.74, 6) is 3.28. The average Bonchev–Trinajstić information content (AvgIpc) is 3.40. The van der Waals surface area contributed by atoms with Crippen molar-refractivity contribution in [2.24, 2.45) is 46.3 Å². The standard InChI is InChI=1S/C33H52O8/c1-17-7-12-33(38-16-17)18(2)26-24(41-33)14-23-21-6-5-19-13-20(8-10-31(19,3)22(21)9-11-32(23,26)4)39-30-29(37)28(36)27(35)25(15-34)40-30/h5,17-18,20-30,34-37H,6-16H2,1-4H3/t17-,18+,20+,21+,22+,23+,24+,25-,26+,27-,28+,29-,30-,31+,32+,33-/m1/s1. The van der Waals surface area contributed by atoms with Crippen molar-refractivity contribution in [2.45, 2.75) is 134 Å². The van der Waals surface area contributed by atoms with Gasteiger partial charge in [0.05, 0.1) is 25.4 Å². The largest absolute Gasteiger partial charge is 0.394 e. The summed E-state index contributed by atoms with van der Waals surface area (Å²) < 4.78 is 25.3. The van der Waals surface area contributed by atoms with Crippen LogP contribution in [-0.4, -0.2) is 82.3 Å². The Kier molecular flexibility index (Phi) is 7.27. The lowest BCUT2D eigenvalue weighted by molar-refractivity contribution is -0.313. The van der Waals surface area contributed by atoms with E-state index in [1.165, 1.54) is 24.8 Å². The van der Waals surface area contributed by atoms with Gasteiger partial charge in [-0.2, -0.15) is 0 Å². The summed E-state index contributed by atoms with van der Waals surface area (Å²) in [7, 11) is 0. The first kappa shape index (κ1) is 29.1. The number of fused-ring (bicyclic) bond motifs is 7. The molecule has 0 amide bonds. The highest BCUT2D eigenvalue weighted by Crippen LogP contribution is 2.70. The molecule has 3 aliphatic heterocycles. The molecule has 8 nitrogen and oxygen atoms in total. The molecular formula is C33H52O8. The molecule has 1 spiro atoms. The van der Waals surface area contributed by atoms with E-state index in [1.54, 1.807) is 0 Å². The summed E-state index contributed by atoms with van der Waals surface area (Å²) in [6, 6.07) is 0. The van der Waals surface area contributed by atoms with Gasteiger partial charge in [-0.3, -0.25) is 0 Å². The Morgan fingerprint density at radius 1 is 0.976 bits per heavy atom. The Morgan fingerprint density at radius 3 is 2.51 bits per heavy atom.